The Hall–Kier alpha value is -2.08. The Labute approximate surface area is 160 Å². The Kier molecular flexibility index (Phi) is 7.10. The molecule has 1 aromatic rings. The van der Waals surface area contributed by atoms with Gasteiger partial charge in [0.25, 0.3) is 0 Å². The van der Waals surface area contributed by atoms with Gasteiger partial charge in [0.2, 0.25) is 11.8 Å². The number of fused-ring (bicyclic) bond motifs is 1. The van der Waals surface area contributed by atoms with E-state index in [2.05, 4.69) is 5.32 Å². The molecule has 1 aromatic carbocycles. The van der Waals surface area contributed by atoms with Crippen LogP contribution in [0.15, 0.2) is 18.2 Å². The highest BCUT2D eigenvalue weighted by Gasteiger charge is 2.24. The zero-order valence-electron chi connectivity index (χ0n) is 15.9. The molecule has 1 aliphatic heterocycles. The molecule has 0 radical (unpaired) electrons. The third-order valence-corrected chi connectivity index (χ3v) is 5.46. The minimum Gasteiger partial charge on any atom is -0.494 e. The molecule has 0 bridgehead atoms. The van der Waals surface area contributed by atoms with Crippen LogP contribution in [0.25, 0.3) is 0 Å². The van der Waals surface area contributed by atoms with E-state index in [-0.39, 0.29) is 24.5 Å². The number of nitrogens with one attached hydrogen (secondary N) is 1. The highest BCUT2D eigenvalue weighted by atomic mass is 16.5. The van der Waals surface area contributed by atoms with Crippen LogP contribution in [0.1, 0.15) is 56.9 Å². The van der Waals surface area contributed by atoms with Crippen LogP contribution < -0.4 is 10.1 Å². The second-order valence-corrected chi connectivity index (χ2v) is 7.42. The van der Waals surface area contributed by atoms with Gasteiger partial charge in [-0.15, -0.1) is 0 Å². The van der Waals surface area contributed by atoms with Crippen LogP contribution in [0.2, 0.25) is 0 Å². The summed E-state index contributed by atoms with van der Waals surface area (Å²) in [6.07, 6.45) is 8.02. The number of aryl methyl sites for hydroxylation is 1. The van der Waals surface area contributed by atoms with Gasteiger partial charge in [-0.2, -0.15) is 0 Å². The lowest BCUT2D eigenvalue weighted by atomic mass is 9.94. The third kappa shape index (κ3) is 5.45. The molecule has 1 aliphatic carbocycles. The average Bonchev–Trinajstić information content (AvgIpc) is 2.69. The quantitative estimate of drug-likeness (QED) is 0.686. The Morgan fingerprint density at radius 3 is 2.81 bits per heavy atom. The monoisotopic (exact) mass is 374 g/mol. The van der Waals surface area contributed by atoms with Gasteiger partial charge in [-0.1, -0.05) is 25.3 Å². The molecule has 27 heavy (non-hydrogen) atoms. The minimum absolute atomic E-state index is 0.0135. The number of hydrogen-bond donors (Lipinski definition) is 2. The summed E-state index contributed by atoms with van der Waals surface area (Å²) in [5, 5.41) is 12.2. The second kappa shape index (κ2) is 9.74. The standard InChI is InChI=1S/C21H30N2O4/c24-13-12-23(17-5-2-1-3-6-17)21(26)7-4-14-27-18-10-8-16-9-11-20(25)22-19(16)15-18/h8,10,15,17,24H,1-7,9,11-14H2,(H,22,25). The van der Waals surface area contributed by atoms with Crippen molar-refractivity contribution >= 4 is 17.5 Å². The lowest BCUT2D eigenvalue weighted by Gasteiger charge is -2.34. The van der Waals surface area contributed by atoms with Crippen LogP contribution in [-0.2, 0) is 16.0 Å². The molecule has 3 rings (SSSR count). The van der Waals surface area contributed by atoms with Crippen molar-refractivity contribution in [3.63, 3.8) is 0 Å². The molecule has 1 saturated carbocycles. The van der Waals surface area contributed by atoms with E-state index in [4.69, 9.17) is 4.74 Å². The first-order valence-electron chi connectivity index (χ1n) is 10.1. The van der Waals surface area contributed by atoms with Gasteiger partial charge in [0.1, 0.15) is 5.75 Å². The summed E-state index contributed by atoms with van der Waals surface area (Å²) in [6, 6.07) is 6.04. The lowest BCUT2D eigenvalue weighted by Crippen LogP contribution is -2.43. The number of nitrogens with zero attached hydrogens (tertiary/aromatic N) is 1. The van der Waals surface area contributed by atoms with E-state index in [1.54, 1.807) is 0 Å². The first-order valence-corrected chi connectivity index (χ1v) is 10.1. The molecule has 0 atom stereocenters. The van der Waals surface area contributed by atoms with E-state index in [9.17, 15) is 14.7 Å². The predicted octanol–water partition coefficient (Wildman–Crippen LogP) is 2.88. The number of ether oxygens (including phenoxy) is 1. The average molecular weight is 374 g/mol. The molecule has 0 aromatic heterocycles. The largest absolute Gasteiger partial charge is 0.494 e. The smallest absolute Gasteiger partial charge is 0.224 e. The topological polar surface area (TPSA) is 78.9 Å². The van der Waals surface area contributed by atoms with Gasteiger partial charge in [0.15, 0.2) is 0 Å². The SMILES string of the molecule is O=C1CCc2ccc(OCCCC(=O)N(CCO)C3CCCCC3)cc2N1. The van der Waals surface area contributed by atoms with Crippen molar-refractivity contribution in [1.82, 2.24) is 4.90 Å². The first-order chi connectivity index (χ1) is 13.2. The van der Waals surface area contributed by atoms with Crippen LogP contribution in [0.4, 0.5) is 5.69 Å². The zero-order valence-corrected chi connectivity index (χ0v) is 15.9. The summed E-state index contributed by atoms with van der Waals surface area (Å²) in [6.45, 7) is 0.893. The summed E-state index contributed by atoms with van der Waals surface area (Å²) < 4.78 is 5.77. The van der Waals surface area contributed by atoms with Crippen molar-refractivity contribution in [2.75, 3.05) is 25.1 Å². The van der Waals surface area contributed by atoms with Crippen LogP contribution in [0.5, 0.6) is 5.75 Å². The molecule has 6 nitrogen and oxygen atoms in total. The fraction of sp³-hybridized carbons (Fsp3) is 0.619. The van der Waals surface area contributed by atoms with Gasteiger partial charge < -0.3 is 20.1 Å². The Morgan fingerprint density at radius 1 is 1.22 bits per heavy atom. The molecule has 0 saturated heterocycles. The van der Waals surface area contributed by atoms with Crippen molar-refractivity contribution in [3.05, 3.63) is 23.8 Å². The first kappa shape index (κ1) is 19.7. The number of aliphatic hydroxyl groups excluding tert-OH is 1. The van der Waals surface area contributed by atoms with Crippen molar-refractivity contribution in [1.29, 1.82) is 0 Å². The van der Waals surface area contributed by atoms with E-state index < -0.39 is 0 Å². The van der Waals surface area contributed by atoms with Gasteiger partial charge in [-0.25, -0.2) is 0 Å². The molecule has 0 unspecified atom stereocenters. The molecule has 6 heteroatoms. The number of aliphatic hydroxyl groups is 1. The maximum absolute atomic E-state index is 12.6. The highest BCUT2D eigenvalue weighted by Crippen LogP contribution is 2.27. The fourth-order valence-electron chi connectivity index (χ4n) is 4.01. The van der Waals surface area contributed by atoms with Crippen LogP contribution in [0.3, 0.4) is 0 Å². The number of carbonyl (C=O) groups excluding carboxylic acids is 2. The van der Waals surface area contributed by atoms with Gasteiger partial charge >= 0.3 is 0 Å². The molecule has 2 aliphatic rings. The predicted molar refractivity (Wildman–Crippen MR) is 104 cm³/mol. The van der Waals surface area contributed by atoms with Gasteiger partial charge in [-0.3, -0.25) is 9.59 Å². The number of amides is 2. The maximum Gasteiger partial charge on any atom is 0.224 e. The molecule has 2 amide bonds. The zero-order chi connectivity index (χ0) is 19.1. The Bertz CT molecular complexity index is 656. The number of rotatable bonds is 8. The molecule has 2 N–H and O–H groups in total. The lowest BCUT2D eigenvalue weighted by molar-refractivity contribution is -0.135. The second-order valence-electron chi connectivity index (χ2n) is 7.42. The van der Waals surface area contributed by atoms with Crippen LogP contribution in [-0.4, -0.2) is 47.6 Å². The molecular formula is C21H30N2O4. The Balaban J connectivity index is 1.45. The summed E-state index contributed by atoms with van der Waals surface area (Å²) in [4.78, 5) is 26.0. The van der Waals surface area contributed by atoms with Crippen molar-refractivity contribution in [2.45, 2.75) is 63.8 Å². The van der Waals surface area contributed by atoms with Crippen LogP contribution in [0, 0.1) is 0 Å². The van der Waals surface area contributed by atoms with E-state index in [0.29, 0.717) is 38.2 Å². The maximum atomic E-state index is 12.6. The van der Waals surface area contributed by atoms with Crippen LogP contribution >= 0.6 is 0 Å². The van der Waals surface area contributed by atoms with Crippen molar-refractivity contribution in [3.8, 4) is 5.75 Å². The molecule has 1 heterocycles. The molecule has 1 fully saturated rings. The van der Waals surface area contributed by atoms with E-state index in [0.717, 1.165) is 43.4 Å². The Morgan fingerprint density at radius 2 is 2.04 bits per heavy atom. The minimum atomic E-state index is 0.0135. The van der Waals surface area contributed by atoms with Crippen molar-refractivity contribution < 1.29 is 19.4 Å². The highest BCUT2D eigenvalue weighted by molar-refractivity contribution is 5.94. The summed E-state index contributed by atoms with van der Waals surface area (Å²) in [5.41, 5.74) is 1.95. The number of benzene rings is 1. The summed E-state index contributed by atoms with van der Waals surface area (Å²) in [7, 11) is 0. The van der Waals surface area contributed by atoms with Gasteiger partial charge in [-0.05, 0) is 37.3 Å². The molecular weight excluding hydrogens is 344 g/mol. The van der Waals surface area contributed by atoms with E-state index >= 15 is 0 Å². The number of carbonyl (C=O) groups is 2. The van der Waals surface area contributed by atoms with E-state index in [1.165, 1.54) is 6.42 Å². The van der Waals surface area contributed by atoms with Gasteiger partial charge in [0.05, 0.1) is 13.2 Å². The fourth-order valence-corrected chi connectivity index (χ4v) is 4.01. The van der Waals surface area contributed by atoms with Crippen molar-refractivity contribution in [2.24, 2.45) is 0 Å². The number of anilines is 1. The molecule has 148 valence electrons. The molecule has 0 spiro atoms. The third-order valence-electron chi connectivity index (χ3n) is 5.46. The summed E-state index contributed by atoms with van der Waals surface area (Å²) >= 11 is 0. The number of hydrogen-bond acceptors (Lipinski definition) is 4. The normalized spacial score (nSPS) is 17.1. The van der Waals surface area contributed by atoms with Gasteiger partial charge in [0, 0.05) is 37.2 Å². The van der Waals surface area contributed by atoms with E-state index in [1.807, 2.05) is 23.1 Å². The summed E-state index contributed by atoms with van der Waals surface area (Å²) in [5.74, 6) is 0.858.